The lowest BCUT2D eigenvalue weighted by Gasteiger charge is -2.15. The van der Waals surface area contributed by atoms with Gasteiger partial charge >= 0.3 is 0 Å². The summed E-state index contributed by atoms with van der Waals surface area (Å²) in [6.45, 7) is 1.86. The van der Waals surface area contributed by atoms with Gasteiger partial charge in [0.2, 0.25) is 0 Å². The minimum atomic E-state index is -0.443. The van der Waals surface area contributed by atoms with E-state index in [0.29, 0.717) is 16.4 Å². The van der Waals surface area contributed by atoms with E-state index in [1.165, 1.54) is 15.9 Å². The first-order chi connectivity index (χ1) is 8.91. The summed E-state index contributed by atoms with van der Waals surface area (Å²) in [5, 5.41) is 5.85. The molecule has 0 spiro atoms. The van der Waals surface area contributed by atoms with Gasteiger partial charge in [0.1, 0.15) is 5.02 Å². The quantitative estimate of drug-likeness (QED) is 0.682. The summed E-state index contributed by atoms with van der Waals surface area (Å²) in [4.78, 5) is 12.2. The van der Waals surface area contributed by atoms with E-state index < -0.39 is 5.56 Å². The molecule has 0 saturated carbocycles. The zero-order chi connectivity index (χ0) is 14.2. The van der Waals surface area contributed by atoms with Crippen LogP contribution in [0.1, 0.15) is 5.56 Å². The zero-order valence-corrected chi connectivity index (χ0v) is 11.9. The van der Waals surface area contributed by atoms with Crippen molar-refractivity contribution in [2.24, 2.45) is 5.84 Å². The molecule has 19 heavy (non-hydrogen) atoms. The van der Waals surface area contributed by atoms with E-state index in [1.807, 2.05) is 13.0 Å². The number of benzene rings is 1. The summed E-state index contributed by atoms with van der Waals surface area (Å²) in [5.41, 5.74) is 1.37. The van der Waals surface area contributed by atoms with Gasteiger partial charge in [-0.25, -0.2) is 5.84 Å². The highest BCUT2D eigenvalue weighted by Gasteiger charge is 2.13. The predicted molar refractivity (Wildman–Crippen MR) is 77.2 cm³/mol. The van der Waals surface area contributed by atoms with Gasteiger partial charge in [-0.2, -0.15) is 9.78 Å². The van der Waals surface area contributed by atoms with Gasteiger partial charge in [0.05, 0.1) is 17.6 Å². The molecule has 0 bridgehead atoms. The van der Waals surface area contributed by atoms with Crippen LogP contribution in [0.25, 0.3) is 5.69 Å². The number of rotatable bonds is 2. The first-order valence-corrected chi connectivity index (χ1v) is 6.20. The van der Waals surface area contributed by atoms with Crippen molar-refractivity contribution >= 4 is 28.9 Å². The molecule has 2 aromatic rings. The van der Waals surface area contributed by atoms with Crippen molar-refractivity contribution in [2.75, 3.05) is 12.1 Å². The summed E-state index contributed by atoms with van der Waals surface area (Å²) < 4.78 is 1.20. The molecule has 0 aliphatic rings. The molecule has 0 fully saturated rings. The van der Waals surface area contributed by atoms with Gasteiger partial charge in [0.15, 0.2) is 0 Å². The number of aryl methyl sites for hydroxylation is 1. The molecule has 5 nitrogen and oxygen atoms in total. The third kappa shape index (κ3) is 2.58. The number of nitrogens with two attached hydrogens (primary N) is 1. The van der Waals surface area contributed by atoms with Crippen LogP contribution in [0.5, 0.6) is 0 Å². The number of aromatic nitrogens is 2. The summed E-state index contributed by atoms with van der Waals surface area (Å²) in [7, 11) is 1.58. The van der Waals surface area contributed by atoms with Crippen LogP contribution in [0.3, 0.4) is 0 Å². The number of hydrogen-bond acceptors (Lipinski definition) is 4. The minimum absolute atomic E-state index is 0.0133. The van der Waals surface area contributed by atoms with Crippen molar-refractivity contribution in [2.45, 2.75) is 6.92 Å². The van der Waals surface area contributed by atoms with Crippen LogP contribution in [-0.4, -0.2) is 16.8 Å². The number of anilines is 1. The Morgan fingerprint density at radius 3 is 2.68 bits per heavy atom. The maximum Gasteiger partial charge on any atom is 0.292 e. The maximum absolute atomic E-state index is 12.2. The number of nitrogens with zero attached hydrogens (tertiary/aromatic N) is 3. The molecule has 0 saturated heterocycles. The molecule has 1 aromatic heterocycles. The summed E-state index contributed by atoms with van der Waals surface area (Å²) >= 11 is 11.9. The first-order valence-electron chi connectivity index (χ1n) is 5.44. The molecule has 7 heteroatoms. The fourth-order valence-corrected chi connectivity index (χ4v) is 2.08. The molecule has 0 aliphatic carbocycles. The van der Waals surface area contributed by atoms with E-state index in [1.54, 1.807) is 19.2 Å². The first kappa shape index (κ1) is 13.9. The van der Waals surface area contributed by atoms with E-state index >= 15 is 0 Å². The molecule has 100 valence electrons. The van der Waals surface area contributed by atoms with Crippen LogP contribution in [0.15, 0.2) is 29.2 Å². The Labute approximate surface area is 120 Å². The van der Waals surface area contributed by atoms with Crippen molar-refractivity contribution in [3.8, 4) is 5.69 Å². The van der Waals surface area contributed by atoms with Crippen molar-refractivity contribution in [3.63, 3.8) is 0 Å². The Balaban J connectivity index is 2.68. The van der Waals surface area contributed by atoms with E-state index in [-0.39, 0.29) is 5.02 Å². The van der Waals surface area contributed by atoms with Gasteiger partial charge in [-0.1, -0.05) is 29.3 Å². The third-order valence-corrected chi connectivity index (χ3v) is 3.27. The predicted octanol–water partition coefficient (Wildman–Crippen LogP) is 2.16. The van der Waals surface area contributed by atoms with Crippen LogP contribution >= 0.6 is 23.2 Å². The van der Waals surface area contributed by atoms with Crippen LogP contribution in [0.2, 0.25) is 10.0 Å². The third-order valence-electron chi connectivity index (χ3n) is 2.68. The number of hydrazine groups is 1. The van der Waals surface area contributed by atoms with Gasteiger partial charge in [-0.3, -0.25) is 4.79 Å². The lowest BCUT2D eigenvalue weighted by molar-refractivity contribution is 0.795. The fraction of sp³-hybridized carbons (Fsp3) is 0.167. The summed E-state index contributed by atoms with van der Waals surface area (Å²) in [6, 6.07) is 5.21. The molecule has 0 atom stereocenters. The average Bonchev–Trinajstić information content (AvgIpc) is 2.35. The number of hydrogen-bond donors (Lipinski definition) is 1. The Bertz CT molecular complexity index is 682. The van der Waals surface area contributed by atoms with E-state index in [0.717, 1.165) is 5.56 Å². The molecule has 0 amide bonds. The van der Waals surface area contributed by atoms with Crippen LogP contribution < -0.4 is 16.4 Å². The van der Waals surface area contributed by atoms with Gasteiger partial charge in [-0.05, 0) is 24.6 Å². The molecule has 0 unspecified atom stereocenters. The van der Waals surface area contributed by atoms with Crippen LogP contribution in [0, 0.1) is 6.92 Å². The SMILES string of the molecule is Cc1ccc(Cl)cc1-n1ncc(N(C)N)c(Cl)c1=O. The maximum atomic E-state index is 12.2. The Morgan fingerprint density at radius 2 is 2.05 bits per heavy atom. The highest BCUT2D eigenvalue weighted by atomic mass is 35.5. The minimum Gasteiger partial charge on any atom is -0.311 e. The molecule has 0 aliphatic heterocycles. The molecule has 2 N–H and O–H groups in total. The highest BCUT2D eigenvalue weighted by molar-refractivity contribution is 6.33. The molecular formula is C12H12Cl2N4O. The number of halogens is 2. The van der Waals surface area contributed by atoms with Crippen molar-refractivity contribution in [1.29, 1.82) is 0 Å². The summed E-state index contributed by atoms with van der Waals surface area (Å²) in [6.07, 6.45) is 1.43. The highest BCUT2D eigenvalue weighted by Crippen LogP contribution is 2.21. The zero-order valence-electron chi connectivity index (χ0n) is 10.4. The largest absolute Gasteiger partial charge is 0.311 e. The Kier molecular flexibility index (Phi) is 3.80. The monoisotopic (exact) mass is 298 g/mol. The Morgan fingerprint density at radius 1 is 1.37 bits per heavy atom. The second-order valence-electron chi connectivity index (χ2n) is 4.10. The topological polar surface area (TPSA) is 64.2 Å². The van der Waals surface area contributed by atoms with Crippen LogP contribution in [-0.2, 0) is 0 Å². The van der Waals surface area contributed by atoms with Gasteiger partial charge < -0.3 is 5.01 Å². The van der Waals surface area contributed by atoms with Crippen molar-refractivity contribution in [3.05, 3.63) is 50.4 Å². The average molecular weight is 299 g/mol. The van der Waals surface area contributed by atoms with Gasteiger partial charge in [0, 0.05) is 12.1 Å². The van der Waals surface area contributed by atoms with E-state index in [4.69, 9.17) is 29.0 Å². The molecule has 0 radical (unpaired) electrons. The van der Waals surface area contributed by atoms with E-state index in [9.17, 15) is 4.79 Å². The fourth-order valence-electron chi connectivity index (χ4n) is 1.65. The second kappa shape index (κ2) is 5.21. The second-order valence-corrected chi connectivity index (χ2v) is 4.92. The standard InChI is InChI=1S/C12H12Cl2N4O/c1-7-3-4-8(13)5-9(7)18-12(19)11(14)10(6-16-18)17(2)15/h3-6H,15H2,1-2H3. The molecule has 2 rings (SSSR count). The molecular weight excluding hydrogens is 287 g/mol. The molecule has 1 heterocycles. The molecule has 1 aromatic carbocycles. The van der Waals surface area contributed by atoms with Gasteiger partial charge in [0.25, 0.3) is 5.56 Å². The van der Waals surface area contributed by atoms with E-state index in [2.05, 4.69) is 5.10 Å². The smallest absolute Gasteiger partial charge is 0.292 e. The Hall–Kier alpha value is -1.56. The lowest BCUT2D eigenvalue weighted by Crippen LogP contribution is -2.30. The van der Waals surface area contributed by atoms with Crippen LogP contribution in [0.4, 0.5) is 5.69 Å². The lowest BCUT2D eigenvalue weighted by atomic mass is 10.2. The normalized spacial score (nSPS) is 10.6. The van der Waals surface area contributed by atoms with Crippen molar-refractivity contribution < 1.29 is 0 Å². The van der Waals surface area contributed by atoms with Gasteiger partial charge in [-0.15, -0.1) is 0 Å². The summed E-state index contributed by atoms with van der Waals surface area (Å²) in [5.74, 6) is 5.57. The van der Waals surface area contributed by atoms with Crippen molar-refractivity contribution in [1.82, 2.24) is 9.78 Å².